The minimum atomic E-state index is -0.244. The summed E-state index contributed by atoms with van der Waals surface area (Å²) in [4.78, 5) is 23.3. The lowest BCUT2D eigenvalue weighted by atomic mass is 9.90. The maximum Gasteiger partial charge on any atom is 0.275 e. The Hall–Kier alpha value is -3.21. The van der Waals surface area contributed by atoms with Crippen LogP contribution in [-0.4, -0.2) is 29.0 Å². The van der Waals surface area contributed by atoms with E-state index >= 15 is 0 Å². The number of carbonyl (C=O) groups is 1. The van der Waals surface area contributed by atoms with E-state index in [1.807, 2.05) is 30.3 Å². The first-order valence-electron chi connectivity index (χ1n) is 9.75. The molecule has 0 unspecified atom stereocenters. The Morgan fingerprint density at radius 1 is 0.929 bits per heavy atom. The zero-order valence-corrected chi connectivity index (χ0v) is 15.8. The molecule has 2 aromatic carbocycles. The van der Waals surface area contributed by atoms with Gasteiger partial charge in [0.25, 0.3) is 5.91 Å². The highest BCUT2D eigenvalue weighted by molar-refractivity contribution is 6.02. The molecule has 28 heavy (non-hydrogen) atoms. The molecule has 3 aromatic rings. The van der Waals surface area contributed by atoms with Crippen molar-refractivity contribution in [2.75, 3.05) is 23.3 Å². The van der Waals surface area contributed by atoms with E-state index in [-0.39, 0.29) is 5.91 Å². The summed E-state index contributed by atoms with van der Waals surface area (Å²) in [5, 5.41) is 2.83. The number of hydrogen-bond acceptors (Lipinski definition) is 4. The minimum absolute atomic E-state index is 0.244. The van der Waals surface area contributed by atoms with Gasteiger partial charge in [0, 0.05) is 18.8 Å². The molecule has 142 valence electrons. The molecule has 1 N–H and O–H groups in total. The third-order valence-corrected chi connectivity index (χ3v) is 5.21. The normalized spacial score (nSPS) is 14.6. The van der Waals surface area contributed by atoms with Gasteiger partial charge in [-0.1, -0.05) is 48.5 Å². The molecule has 1 aromatic heterocycles. The van der Waals surface area contributed by atoms with E-state index < -0.39 is 0 Å². The molecule has 1 aliphatic rings. The highest BCUT2D eigenvalue weighted by Gasteiger charge is 2.21. The second kappa shape index (κ2) is 8.65. The molecule has 4 rings (SSSR count). The van der Waals surface area contributed by atoms with Crippen molar-refractivity contribution in [3.05, 3.63) is 84.3 Å². The lowest BCUT2D eigenvalue weighted by molar-refractivity contribution is 0.102. The molecule has 1 aliphatic heterocycles. The van der Waals surface area contributed by atoms with Gasteiger partial charge in [0.05, 0.1) is 12.4 Å². The van der Waals surface area contributed by atoms with Crippen LogP contribution in [0.3, 0.4) is 0 Å². The lowest BCUT2D eigenvalue weighted by Crippen LogP contribution is -2.35. The molecule has 2 heterocycles. The van der Waals surface area contributed by atoms with Crippen LogP contribution in [0.15, 0.2) is 73.1 Å². The lowest BCUT2D eigenvalue weighted by Gasteiger charge is -2.32. The fraction of sp³-hybridized carbons (Fsp3) is 0.261. The first-order chi connectivity index (χ1) is 13.8. The molecule has 0 atom stereocenters. The second-order valence-corrected chi connectivity index (χ2v) is 7.20. The molecule has 5 heteroatoms. The highest BCUT2D eigenvalue weighted by atomic mass is 16.1. The Morgan fingerprint density at radius 2 is 1.61 bits per heavy atom. The van der Waals surface area contributed by atoms with Gasteiger partial charge in [0.2, 0.25) is 0 Å². The molecule has 1 amide bonds. The quantitative estimate of drug-likeness (QED) is 0.730. The number of carbonyl (C=O) groups excluding carboxylic acids is 1. The van der Waals surface area contributed by atoms with Gasteiger partial charge in [-0.3, -0.25) is 4.79 Å². The number of piperidine rings is 1. The summed E-state index contributed by atoms with van der Waals surface area (Å²) in [6.07, 6.45) is 6.69. The first kappa shape index (κ1) is 18.2. The van der Waals surface area contributed by atoms with Crippen molar-refractivity contribution in [1.29, 1.82) is 0 Å². The number of aromatic nitrogens is 2. The number of anilines is 2. The van der Waals surface area contributed by atoms with Crippen molar-refractivity contribution in [2.24, 2.45) is 5.92 Å². The zero-order valence-electron chi connectivity index (χ0n) is 15.8. The van der Waals surface area contributed by atoms with Crippen LogP contribution < -0.4 is 10.2 Å². The number of para-hydroxylation sites is 1. The van der Waals surface area contributed by atoms with Crippen LogP contribution in [0.25, 0.3) is 0 Å². The van der Waals surface area contributed by atoms with E-state index in [9.17, 15) is 4.79 Å². The van der Waals surface area contributed by atoms with Gasteiger partial charge >= 0.3 is 0 Å². The van der Waals surface area contributed by atoms with Gasteiger partial charge in [-0.2, -0.15) is 0 Å². The van der Waals surface area contributed by atoms with Gasteiger partial charge < -0.3 is 10.2 Å². The van der Waals surface area contributed by atoms with Crippen LogP contribution >= 0.6 is 0 Å². The van der Waals surface area contributed by atoms with Crippen molar-refractivity contribution in [1.82, 2.24) is 9.97 Å². The molecule has 1 saturated heterocycles. The SMILES string of the molecule is O=C(Nc1ccccc1)c1cnc(N2CCC(Cc3ccccc3)CC2)cn1. The minimum Gasteiger partial charge on any atom is -0.355 e. The number of rotatable bonds is 5. The van der Waals surface area contributed by atoms with E-state index in [0.29, 0.717) is 11.6 Å². The third-order valence-electron chi connectivity index (χ3n) is 5.21. The first-order valence-corrected chi connectivity index (χ1v) is 9.75. The molecule has 5 nitrogen and oxygen atoms in total. The molecular weight excluding hydrogens is 348 g/mol. The predicted octanol–water partition coefficient (Wildman–Crippen LogP) is 4.19. The Bertz CT molecular complexity index is 889. The summed E-state index contributed by atoms with van der Waals surface area (Å²) in [7, 11) is 0. The summed E-state index contributed by atoms with van der Waals surface area (Å²) >= 11 is 0. The Kier molecular flexibility index (Phi) is 5.61. The summed E-state index contributed by atoms with van der Waals surface area (Å²) in [5.41, 5.74) is 2.49. The van der Waals surface area contributed by atoms with Crippen LogP contribution in [0.4, 0.5) is 11.5 Å². The molecule has 0 aliphatic carbocycles. The smallest absolute Gasteiger partial charge is 0.275 e. The molecule has 0 bridgehead atoms. The Balaban J connectivity index is 1.31. The largest absolute Gasteiger partial charge is 0.355 e. The number of amides is 1. The van der Waals surface area contributed by atoms with Crippen molar-refractivity contribution in [2.45, 2.75) is 19.3 Å². The average molecular weight is 372 g/mol. The van der Waals surface area contributed by atoms with Crippen LogP contribution in [0.5, 0.6) is 0 Å². The van der Waals surface area contributed by atoms with E-state index in [1.54, 1.807) is 12.4 Å². The number of nitrogens with one attached hydrogen (secondary N) is 1. The third kappa shape index (κ3) is 4.55. The van der Waals surface area contributed by atoms with Crippen LogP contribution in [0.2, 0.25) is 0 Å². The van der Waals surface area contributed by atoms with E-state index in [4.69, 9.17) is 0 Å². The summed E-state index contributed by atoms with van der Waals surface area (Å²) < 4.78 is 0. The van der Waals surface area contributed by atoms with Gasteiger partial charge in [-0.25, -0.2) is 9.97 Å². The van der Waals surface area contributed by atoms with Crippen molar-refractivity contribution in [3.8, 4) is 0 Å². The van der Waals surface area contributed by atoms with E-state index in [1.165, 1.54) is 5.56 Å². The predicted molar refractivity (Wildman–Crippen MR) is 112 cm³/mol. The second-order valence-electron chi connectivity index (χ2n) is 7.20. The van der Waals surface area contributed by atoms with E-state index in [2.05, 4.69) is 50.5 Å². The fourth-order valence-electron chi connectivity index (χ4n) is 3.63. The highest BCUT2D eigenvalue weighted by Crippen LogP contribution is 2.24. The van der Waals surface area contributed by atoms with Gasteiger partial charge in [-0.15, -0.1) is 0 Å². The van der Waals surface area contributed by atoms with Crippen LogP contribution in [-0.2, 0) is 6.42 Å². The molecule has 0 radical (unpaired) electrons. The number of nitrogens with zero attached hydrogens (tertiary/aromatic N) is 3. The fourth-order valence-corrected chi connectivity index (χ4v) is 3.63. The monoisotopic (exact) mass is 372 g/mol. The Morgan fingerprint density at radius 3 is 2.25 bits per heavy atom. The molecular formula is C23H24N4O. The van der Waals surface area contributed by atoms with E-state index in [0.717, 1.165) is 43.9 Å². The molecule has 0 spiro atoms. The number of hydrogen-bond donors (Lipinski definition) is 1. The standard InChI is InChI=1S/C23H24N4O/c28-23(26-20-9-5-2-6-10-20)21-16-25-22(17-24-21)27-13-11-19(12-14-27)15-18-7-3-1-4-8-18/h1-10,16-17,19H,11-15H2,(H,26,28). The summed E-state index contributed by atoms with van der Waals surface area (Å²) in [6, 6.07) is 20.1. The van der Waals surface area contributed by atoms with Crippen molar-refractivity contribution >= 4 is 17.4 Å². The van der Waals surface area contributed by atoms with Crippen molar-refractivity contribution < 1.29 is 4.79 Å². The van der Waals surface area contributed by atoms with Gasteiger partial charge in [0.1, 0.15) is 11.5 Å². The Labute approximate surface area is 165 Å². The average Bonchev–Trinajstić information content (AvgIpc) is 2.76. The summed E-state index contributed by atoms with van der Waals surface area (Å²) in [6.45, 7) is 1.95. The summed E-state index contributed by atoms with van der Waals surface area (Å²) in [5.74, 6) is 1.31. The van der Waals surface area contributed by atoms with Crippen LogP contribution in [0, 0.1) is 5.92 Å². The van der Waals surface area contributed by atoms with Crippen LogP contribution in [0.1, 0.15) is 28.9 Å². The maximum atomic E-state index is 12.3. The van der Waals surface area contributed by atoms with Crippen molar-refractivity contribution in [3.63, 3.8) is 0 Å². The zero-order chi connectivity index (χ0) is 19.2. The van der Waals surface area contributed by atoms with Gasteiger partial charge in [-0.05, 0) is 42.9 Å². The molecule has 1 fully saturated rings. The maximum absolute atomic E-state index is 12.3. The molecule has 0 saturated carbocycles. The van der Waals surface area contributed by atoms with Gasteiger partial charge in [0.15, 0.2) is 0 Å². The number of benzene rings is 2. The topological polar surface area (TPSA) is 58.1 Å².